The molecule has 10 heteroatoms. The van der Waals surface area contributed by atoms with Crippen LogP contribution in [0.3, 0.4) is 0 Å². The van der Waals surface area contributed by atoms with Crippen LogP contribution in [0.4, 0.5) is 5.69 Å². The van der Waals surface area contributed by atoms with Gasteiger partial charge in [0.2, 0.25) is 0 Å². The standard InChI is InChI=1S/C16H14BrN3O6/c1-25-11-3-5-15(12(17)7-11)26-9-16(22)19-18-8-10-2-4-14(21)13(6-10)20(23)24/h2-8,21H,9H2,1H3,(H,19,22). The number of rotatable bonds is 7. The fourth-order valence-corrected chi connectivity index (χ4v) is 2.32. The van der Waals surface area contributed by atoms with E-state index in [-0.39, 0.29) is 6.61 Å². The van der Waals surface area contributed by atoms with Crippen molar-refractivity contribution < 1.29 is 24.3 Å². The van der Waals surface area contributed by atoms with Gasteiger partial charge in [0, 0.05) is 11.6 Å². The molecule has 0 aliphatic carbocycles. The van der Waals surface area contributed by atoms with Crippen molar-refractivity contribution in [3.63, 3.8) is 0 Å². The Bertz CT molecular complexity index is 856. The number of aromatic hydroxyl groups is 1. The largest absolute Gasteiger partial charge is 0.502 e. The number of amides is 1. The SMILES string of the molecule is COc1ccc(OCC(=O)NN=Cc2ccc(O)c([N+](=O)[O-])c2)c(Br)c1. The van der Waals surface area contributed by atoms with E-state index in [4.69, 9.17) is 9.47 Å². The molecule has 0 radical (unpaired) electrons. The van der Waals surface area contributed by atoms with Crippen LogP contribution >= 0.6 is 15.9 Å². The Hall–Kier alpha value is -3.14. The molecule has 0 aliphatic rings. The van der Waals surface area contributed by atoms with Crippen LogP contribution in [0.15, 0.2) is 46.0 Å². The van der Waals surface area contributed by atoms with E-state index in [0.717, 1.165) is 6.07 Å². The highest BCUT2D eigenvalue weighted by molar-refractivity contribution is 9.10. The summed E-state index contributed by atoms with van der Waals surface area (Å²) in [6.45, 7) is -0.280. The predicted octanol–water partition coefficient (Wildman–Crippen LogP) is 2.60. The molecule has 0 unspecified atom stereocenters. The van der Waals surface area contributed by atoms with Crippen LogP contribution in [0.25, 0.3) is 0 Å². The monoisotopic (exact) mass is 423 g/mol. The Morgan fingerprint density at radius 3 is 2.81 bits per heavy atom. The number of methoxy groups -OCH3 is 1. The number of nitrogens with zero attached hydrogens (tertiary/aromatic N) is 2. The Labute approximate surface area is 156 Å². The van der Waals surface area contributed by atoms with Crippen molar-refractivity contribution in [1.82, 2.24) is 5.43 Å². The lowest BCUT2D eigenvalue weighted by molar-refractivity contribution is -0.385. The van der Waals surface area contributed by atoms with E-state index < -0.39 is 22.3 Å². The van der Waals surface area contributed by atoms with Crippen LogP contribution in [0.5, 0.6) is 17.2 Å². The van der Waals surface area contributed by atoms with Crippen LogP contribution < -0.4 is 14.9 Å². The minimum absolute atomic E-state index is 0.280. The van der Waals surface area contributed by atoms with Gasteiger partial charge in [-0.05, 0) is 46.3 Å². The van der Waals surface area contributed by atoms with E-state index >= 15 is 0 Å². The summed E-state index contributed by atoms with van der Waals surface area (Å²) in [5.74, 6) is 0.132. The molecule has 26 heavy (non-hydrogen) atoms. The number of nitro benzene ring substituents is 1. The number of phenols is 1. The van der Waals surface area contributed by atoms with Crippen molar-refractivity contribution in [3.05, 3.63) is 56.5 Å². The first kappa shape index (κ1) is 19.2. The number of phenolic OH excluding ortho intramolecular Hbond substituents is 1. The molecule has 2 aromatic rings. The smallest absolute Gasteiger partial charge is 0.311 e. The molecule has 0 heterocycles. The molecule has 0 saturated carbocycles. The Morgan fingerprint density at radius 1 is 1.38 bits per heavy atom. The molecule has 0 aliphatic heterocycles. The van der Waals surface area contributed by atoms with Gasteiger partial charge in [-0.25, -0.2) is 5.43 Å². The summed E-state index contributed by atoms with van der Waals surface area (Å²) >= 11 is 3.30. The second-order valence-corrected chi connectivity index (χ2v) is 5.74. The van der Waals surface area contributed by atoms with Crippen LogP contribution in [-0.2, 0) is 4.79 Å². The highest BCUT2D eigenvalue weighted by Crippen LogP contribution is 2.29. The number of hydrogen-bond acceptors (Lipinski definition) is 7. The lowest BCUT2D eigenvalue weighted by atomic mass is 10.2. The van der Waals surface area contributed by atoms with Crippen LogP contribution in [0.1, 0.15) is 5.56 Å². The summed E-state index contributed by atoms with van der Waals surface area (Å²) in [5, 5.41) is 23.8. The number of hydrazone groups is 1. The van der Waals surface area contributed by atoms with E-state index in [9.17, 15) is 20.0 Å². The Morgan fingerprint density at radius 2 is 2.15 bits per heavy atom. The maximum atomic E-state index is 11.7. The minimum atomic E-state index is -0.716. The van der Waals surface area contributed by atoms with Crippen molar-refractivity contribution in [1.29, 1.82) is 0 Å². The molecule has 2 N–H and O–H groups in total. The average Bonchev–Trinajstić information content (AvgIpc) is 2.61. The van der Waals surface area contributed by atoms with Gasteiger partial charge in [-0.1, -0.05) is 0 Å². The average molecular weight is 424 g/mol. The van der Waals surface area contributed by atoms with E-state index in [0.29, 0.717) is 21.5 Å². The molecule has 1 amide bonds. The fourth-order valence-electron chi connectivity index (χ4n) is 1.85. The molecule has 136 valence electrons. The first-order valence-electron chi connectivity index (χ1n) is 7.16. The first-order chi connectivity index (χ1) is 12.4. The topological polar surface area (TPSA) is 123 Å². The molecular weight excluding hydrogens is 410 g/mol. The fraction of sp³-hybridized carbons (Fsp3) is 0.125. The van der Waals surface area contributed by atoms with E-state index in [1.165, 1.54) is 25.5 Å². The quantitative estimate of drug-likeness (QED) is 0.400. The summed E-state index contributed by atoms with van der Waals surface area (Å²) in [6.07, 6.45) is 1.22. The maximum Gasteiger partial charge on any atom is 0.311 e. The van der Waals surface area contributed by atoms with Crippen molar-refractivity contribution in [2.24, 2.45) is 5.10 Å². The van der Waals surface area contributed by atoms with E-state index in [1.54, 1.807) is 18.2 Å². The summed E-state index contributed by atoms with van der Waals surface area (Å²) < 4.78 is 11.0. The number of nitrogens with one attached hydrogen (secondary N) is 1. The molecule has 0 bridgehead atoms. The zero-order valence-electron chi connectivity index (χ0n) is 13.5. The van der Waals surface area contributed by atoms with Gasteiger partial charge in [0.25, 0.3) is 5.91 Å². The molecular formula is C16H14BrN3O6. The van der Waals surface area contributed by atoms with Gasteiger partial charge in [-0.15, -0.1) is 0 Å². The van der Waals surface area contributed by atoms with Gasteiger partial charge in [-0.3, -0.25) is 14.9 Å². The third kappa shape index (κ3) is 5.18. The van der Waals surface area contributed by atoms with Gasteiger partial charge in [-0.2, -0.15) is 5.10 Å². The van der Waals surface area contributed by atoms with Gasteiger partial charge < -0.3 is 14.6 Å². The molecule has 9 nitrogen and oxygen atoms in total. The van der Waals surface area contributed by atoms with Gasteiger partial charge >= 0.3 is 5.69 Å². The summed E-state index contributed by atoms with van der Waals surface area (Å²) in [6, 6.07) is 8.76. The molecule has 2 aromatic carbocycles. The predicted molar refractivity (Wildman–Crippen MR) is 96.7 cm³/mol. The first-order valence-corrected chi connectivity index (χ1v) is 7.95. The van der Waals surface area contributed by atoms with Crippen molar-refractivity contribution in [3.8, 4) is 17.2 Å². The van der Waals surface area contributed by atoms with Crippen LogP contribution in [-0.4, -0.2) is 35.9 Å². The third-order valence-electron chi connectivity index (χ3n) is 3.10. The summed E-state index contributed by atoms with van der Waals surface area (Å²) in [5.41, 5.74) is 2.13. The second kappa shape index (κ2) is 8.81. The van der Waals surface area contributed by atoms with E-state index in [2.05, 4.69) is 26.5 Å². The van der Waals surface area contributed by atoms with Crippen molar-refractivity contribution in [2.45, 2.75) is 0 Å². The van der Waals surface area contributed by atoms with Crippen molar-refractivity contribution >= 4 is 33.7 Å². The zero-order valence-corrected chi connectivity index (χ0v) is 15.1. The maximum absolute atomic E-state index is 11.7. The second-order valence-electron chi connectivity index (χ2n) is 4.88. The molecule has 0 aromatic heterocycles. The Balaban J connectivity index is 1.90. The Kier molecular flexibility index (Phi) is 6.50. The van der Waals surface area contributed by atoms with Gasteiger partial charge in [0.1, 0.15) is 11.5 Å². The van der Waals surface area contributed by atoms with E-state index in [1.807, 2.05) is 0 Å². The number of halogens is 1. The molecule has 2 rings (SSSR count). The molecule has 0 fully saturated rings. The number of carbonyl (C=O) groups excluding carboxylic acids is 1. The zero-order chi connectivity index (χ0) is 19.1. The third-order valence-corrected chi connectivity index (χ3v) is 3.72. The highest BCUT2D eigenvalue weighted by Gasteiger charge is 2.12. The van der Waals surface area contributed by atoms with Gasteiger partial charge in [0.15, 0.2) is 12.4 Å². The number of benzene rings is 2. The lowest BCUT2D eigenvalue weighted by Crippen LogP contribution is -2.24. The number of carbonyl (C=O) groups is 1. The molecule has 0 saturated heterocycles. The number of ether oxygens (including phenoxy) is 2. The molecule has 0 atom stereocenters. The van der Waals surface area contributed by atoms with Crippen LogP contribution in [0.2, 0.25) is 0 Å². The lowest BCUT2D eigenvalue weighted by Gasteiger charge is -2.08. The highest BCUT2D eigenvalue weighted by atomic mass is 79.9. The van der Waals surface area contributed by atoms with Crippen LogP contribution in [0, 0.1) is 10.1 Å². The van der Waals surface area contributed by atoms with Crippen molar-refractivity contribution in [2.75, 3.05) is 13.7 Å². The summed E-state index contributed by atoms with van der Waals surface area (Å²) in [7, 11) is 1.54. The number of nitro groups is 1. The normalized spacial score (nSPS) is 10.5. The summed E-state index contributed by atoms with van der Waals surface area (Å²) in [4.78, 5) is 21.8. The molecule has 0 spiro atoms. The van der Waals surface area contributed by atoms with Gasteiger partial charge in [0.05, 0.1) is 22.7 Å². The number of hydrogen-bond donors (Lipinski definition) is 2. The minimum Gasteiger partial charge on any atom is -0.502 e.